The van der Waals surface area contributed by atoms with E-state index in [-0.39, 0.29) is 17.6 Å². The second kappa shape index (κ2) is 11.9. The van der Waals surface area contributed by atoms with Gasteiger partial charge in [0.1, 0.15) is 5.75 Å². The van der Waals surface area contributed by atoms with Gasteiger partial charge in [-0.25, -0.2) is 0 Å². The van der Waals surface area contributed by atoms with Gasteiger partial charge in [-0.05, 0) is 66.8 Å². The van der Waals surface area contributed by atoms with Crippen molar-refractivity contribution in [1.29, 1.82) is 0 Å². The Hall–Kier alpha value is -3.56. The second-order valence-corrected chi connectivity index (χ2v) is 8.36. The van der Waals surface area contributed by atoms with Gasteiger partial charge in [-0.3, -0.25) is 9.59 Å². The molecule has 4 N–H and O–H groups in total. The number of thiocarbonyl (C=S) groups is 1. The fourth-order valence-electron chi connectivity index (χ4n) is 2.88. The fourth-order valence-corrected chi connectivity index (χ4v) is 3.87. The number of methoxy groups -OCH3 is 1. The van der Waals surface area contributed by atoms with E-state index in [0.717, 1.165) is 16.3 Å². The average Bonchev–Trinajstić information content (AvgIpc) is 2.79. The van der Waals surface area contributed by atoms with Crippen LogP contribution in [0.1, 0.15) is 6.92 Å². The summed E-state index contributed by atoms with van der Waals surface area (Å²) < 4.78 is 5.33. The first-order valence-corrected chi connectivity index (χ1v) is 11.4. The molecule has 0 bridgehead atoms. The summed E-state index contributed by atoms with van der Waals surface area (Å²) in [5.41, 5.74) is 2.92. The topological polar surface area (TPSA) is 91.5 Å². The molecule has 9 heteroatoms. The van der Waals surface area contributed by atoms with Gasteiger partial charge in [0, 0.05) is 28.9 Å². The van der Waals surface area contributed by atoms with E-state index in [2.05, 4.69) is 21.3 Å². The highest BCUT2D eigenvalue weighted by Crippen LogP contribution is 2.25. The number of ether oxygens (including phenoxy) is 1. The number of para-hydroxylation sites is 2. The minimum atomic E-state index is -0.142. The van der Waals surface area contributed by atoms with Crippen LogP contribution in [0.3, 0.4) is 0 Å². The first-order valence-electron chi connectivity index (χ1n) is 10.0. The predicted octanol–water partition coefficient (Wildman–Crippen LogP) is 5.19. The molecule has 0 unspecified atom stereocenters. The number of hydrogen-bond acceptors (Lipinski definition) is 5. The lowest BCUT2D eigenvalue weighted by Gasteiger charge is -2.14. The molecule has 2 amide bonds. The van der Waals surface area contributed by atoms with Gasteiger partial charge in [-0.15, -0.1) is 11.8 Å². The van der Waals surface area contributed by atoms with Gasteiger partial charge in [0.15, 0.2) is 5.11 Å². The van der Waals surface area contributed by atoms with E-state index in [4.69, 9.17) is 17.0 Å². The molecule has 0 saturated carbocycles. The van der Waals surface area contributed by atoms with Crippen LogP contribution in [0.25, 0.3) is 0 Å². The Bertz CT molecular complexity index is 1140. The third-order valence-corrected chi connectivity index (χ3v) is 5.50. The van der Waals surface area contributed by atoms with Crippen molar-refractivity contribution < 1.29 is 14.3 Å². The van der Waals surface area contributed by atoms with Crippen LogP contribution in [-0.2, 0) is 9.59 Å². The first-order chi connectivity index (χ1) is 15.9. The molecule has 0 aromatic heterocycles. The van der Waals surface area contributed by atoms with Gasteiger partial charge in [0.25, 0.3) is 0 Å². The van der Waals surface area contributed by atoms with E-state index < -0.39 is 0 Å². The summed E-state index contributed by atoms with van der Waals surface area (Å²) in [6.07, 6.45) is 0. The minimum absolute atomic E-state index is 0.126. The Labute approximate surface area is 202 Å². The lowest BCUT2D eigenvalue weighted by molar-refractivity contribution is -0.114. The molecule has 3 aromatic carbocycles. The maximum Gasteiger partial charge on any atom is 0.234 e. The molecule has 170 valence electrons. The van der Waals surface area contributed by atoms with Gasteiger partial charge in [0.05, 0.1) is 18.6 Å². The molecular weight excluding hydrogens is 456 g/mol. The van der Waals surface area contributed by atoms with Crippen LogP contribution in [0.5, 0.6) is 5.75 Å². The molecule has 3 aromatic rings. The third-order valence-electron chi connectivity index (χ3n) is 4.31. The molecule has 0 saturated heterocycles. The molecule has 0 aliphatic rings. The van der Waals surface area contributed by atoms with Crippen LogP contribution in [0.15, 0.2) is 77.7 Å². The zero-order chi connectivity index (χ0) is 23.6. The van der Waals surface area contributed by atoms with E-state index >= 15 is 0 Å². The van der Waals surface area contributed by atoms with Crippen LogP contribution < -0.4 is 26.0 Å². The van der Waals surface area contributed by atoms with Crippen molar-refractivity contribution in [2.24, 2.45) is 0 Å². The van der Waals surface area contributed by atoms with E-state index in [1.54, 1.807) is 31.4 Å². The van der Waals surface area contributed by atoms with Crippen LogP contribution >= 0.6 is 24.0 Å². The van der Waals surface area contributed by atoms with Gasteiger partial charge < -0.3 is 26.0 Å². The van der Waals surface area contributed by atoms with Crippen LogP contribution in [0.4, 0.5) is 22.7 Å². The number of amides is 2. The molecule has 0 aliphatic heterocycles. The van der Waals surface area contributed by atoms with Crippen molar-refractivity contribution in [2.45, 2.75) is 11.8 Å². The van der Waals surface area contributed by atoms with E-state index in [1.807, 2.05) is 48.5 Å². The number of carbonyl (C=O) groups excluding carboxylic acids is 2. The molecule has 0 atom stereocenters. The van der Waals surface area contributed by atoms with Crippen LogP contribution in [0.2, 0.25) is 0 Å². The third kappa shape index (κ3) is 7.81. The summed E-state index contributed by atoms with van der Waals surface area (Å²) in [4.78, 5) is 24.3. The Morgan fingerprint density at radius 3 is 2.24 bits per heavy atom. The summed E-state index contributed by atoms with van der Waals surface area (Å²) in [7, 11) is 1.61. The summed E-state index contributed by atoms with van der Waals surface area (Å²) in [5.74, 6) is 0.679. The van der Waals surface area contributed by atoms with Gasteiger partial charge in [-0.2, -0.15) is 0 Å². The van der Waals surface area contributed by atoms with Gasteiger partial charge in [-0.1, -0.05) is 18.2 Å². The summed E-state index contributed by atoms with van der Waals surface area (Å²) in [5, 5.41) is 12.2. The van der Waals surface area contributed by atoms with Crippen LogP contribution in [-0.4, -0.2) is 29.8 Å². The first kappa shape index (κ1) is 24.1. The van der Waals surface area contributed by atoms with E-state index in [1.165, 1.54) is 18.7 Å². The minimum Gasteiger partial charge on any atom is -0.495 e. The monoisotopic (exact) mass is 480 g/mol. The van der Waals surface area contributed by atoms with E-state index in [0.29, 0.717) is 22.2 Å². The zero-order valence-electron chi connectivity index (χ0n) is 18.2. The summed E-state index contributed by atoms with van der Waals surface area (Å²) in [6.45, 7) is 1.45. The lowest BCUT2D eigenvalue weighted by atomic mass is 10.3. The largest absolute Gasteiger partial charge is 0.495 e. The highest BCUT2D eigenvalue weighted by atomic mass is 32.2. The van der Waals surface area contributed by atoms with Crippen LogP contribution in [0, 0.1) is 0 Å². The fraction of sp³-hybridized carbons (Fsp3) is 0.125. The lowest BCUT2D eigenvalue weighted by Crippen LogP contribution is -2.19. The number of rotatable bonds is 8. The number of carbonyl (C=O) groups is 2. The predicted molar refractivity (Wildman–Crippen MR) is 139 cm³/mol. The summed E-state index contributed by atoms with van der Waals surface area (Å²) >= 11 is 6.83. The van der Waals surface area contributed by atoms with Crippen molar-refractivity contribution in [1.82, 2.24) is 0 Å². The molecule has 0 radical (unpaired) electrons. The van der Waals surface area contributed by atoms with Gasteiger partial charge >= 0.3 is 0 Å². The Balaban J connectivity index is 1.50. The smallest absolute Gasteiger partial charge is 0.234 e. The second-order valence-electron chi connectivity index (χ2n) is 6.90. The highest BCUT2D eigenvalue weighted by molar-refractivity contribution is 8.00. The SMILES string of the molecule is COc1ccccc1NC(=S)Nc1cccc(SCC(=O)Nc2ccc(NC(C)=O)cc2)c1. The Morgan fingerprint density at radius 2 is 1.55 bits per heavy atom. The molecule has 7 nitrogen and oxygen atoms in total. The molecule has 0 spiro atoms. The van der Waals surface area contributed by atoms with Crippen molar-refractivity contribution in [2.75, 3.05) is 34.1 Å². The maximum atomic E-state index is 12.3. The van der Waals surface area contributed by atoms with Crippen molar-refractivity contribution in [3.8, 4) is 5.75 Å². The number of nitrogens with one attached hydrogen (secondary N) is 4. The Kier molecular flexibility index (Phi) is 8.68. The molecular formula is C24H24N4O3S2. The quantitative estimate of drug-likeness (QED) is 0.260. The number of hydrogen-bond donors (Lipinski definition) is 4. The summed E-state index contributed by atoms with van der Waals surface area (Å²) in [6, 6.07) is 22.1. The average molecular weight is 481 g/mol. The number of thioether (sulfide) groups is 1. The standard InChI is InChI=1S/C24H24N4O3S2/c1-16(29)25-17-10-12-18(13-11-17)26-23(30)15-33-20-7-5-6-19(14-20)27-24(32)28-21-8-3-4-9-22(21)31-2/h3-14H,15H2,1-2H3,(H,25,29)(H,26,30)(H2,27,28,32). The van der Waals surface area contributed by atoms with Crippen molar-refractivity contribution in [3.63, 3.8) is 0 Å². The number of anilines is 4. The van der Waals surface area contributed by atoms with Crippen molar-refractivity contribution in [3.05, 3.63) is 72.8 Å². The molecule has 0 fully saturated rings. The Morgan fingerprint density at radius 1 is 0.848 bits per heavy atom. The number of benzene rings is 3. The molecule has 3 rings (SSSR count). The zero-order valence-corrected chi connectivity index (χ0v) is 19.8. The molecule has 0 aliphatic carbocycles. The molecule has 33 heavy (non-hydrogen) atoms. The normalized spacial score (nSPS) is 10.1. The maximum absolute atomic E-state index is 12.3. The molecule has 0 heterocycles. The highest BCUT2D eigenvalue weighted by Gasteiger charge is 2.07. The van der Waals surface area contributed by atoms with Crippen molar-refractivity contribution >= 4 is 63.7 Å². The van der Waals surface area contributed by atoms with E-state index in [9.17, 15) is 9.59 Å². The van der Waals surface area contributed by atoms with Gasteiger partial charge in [0.2, 0.25) is 11.8 Å².